The lowest BCUT2D eigenvalue weighted by atomic mass is 10.1. The molecule has 2 aliphatic heterocycles. The average molecular weight is 469 g/mol. The van der Waals surface area contributed by atoms with Crippen LogP contribution in [0.15, 0.2) is 52.2 Å². The van der Waals surface area contributed by atoms with Crippen molar-refractivity contribution in [3.63, 3.8) is 0 Å². The van der Waals surface area contributed by atoms with Gasteiger partial charge in [0.05, 0.1) is 21.2 Å². The first kappa shape index (κ1) is 20.8. The molecule has 0 bridgehead atoms. The maximum absolute atomic E-state index is 12.9. The number of hydrogen-bond acceptors (Lipinski definition) is 6. The van der Waals surface area contributed by atoms with E-state index >= 15 is 0 Å². The SMILES string of the molecule is N=C1/C(=C/c2cccn2-c2ccc([N+](=O)[O-])cc2Cl)C(=O)N=C2SC(C(F)(F)F)=NN12. The highest BCUT2D eigenvalue weighted by molar-refractivity contribution is 8.27. The van der Waals surface area contributed by atoms with E-state index in [4.69, 9.17) is 17.0 Å². The number of benzene rings is 1. The fourth-order valence-electron chi connectivity index (χ4n) is 2.79. The third kappa shape index (κ3) is 3.72. The molecule has 9 nitrogen and oxygen atoms in total. The minimum Gasteiger partial charge on any atom is -0.316 e. The van der Waals surface area contributed by atoms with Crippen molar-refractivity contribution in [1.82, 2.24) is 9.58 Å². The molecular weight excluding hydrogens is 461 g/mol. The van der Waals surface area contributed by atoms with E-state index in [-0.39, 0.29) is 33.2 Å². The lowest BCUT2D eigenvalue weighted by Crippen LogP contribution is -2.35. The Morgan fingerprint density at radius 3 is 2.68 bits per heavy atom. The topological polar surface area (TPSA) is 117 Å². The molecule has 0 fully saturated rings. The lowest BCUT2D eigenvalue weighted by molar-refractivity contribution is -0.384. The molecule has 0 spiro atoms. The number of hydrazone groups is 1. The van der Waals surface area contributed by atoms with Crippen LogP contribution in [-0.2, 0) is 4.79 Å². The van der Waals surface area contributed by atoms with E-state index in [1.165, 1.54) is 22.8 Å². The largest absolute Gasteiger partial charge is 0.441 e. The average Bonchev–Trinajstić information content (AvgIpc) is 3.31. The maximum atomic E-state index is 12.9. The first-order chi connectivity index (χ1) is 14.6. The summed E-state index contributed by atoms with van der Waals surface area (Å²) in [6, 6.07) is 6.98. The standard InChI is InChI=1S/C17H8ClF3N6O3S/c18-11-7-9(27(29)30)3-4-12(11)25-5-1-2-8(25)6-10-13(22)26-16(23-14(10)28)31-15(24-26)17(19,20)21/h1-7,22H/b10-6-,22-13?. The van der Waals surface area contributed by atoms with E-state index in [1.54, 1.807) is 18.3 Å². The number of aliphatic imine (C=N–C) groups is 1. The summed E-state index contributed by atoms with van der Waals surface area (Å²) in [6.07, 6.45) is -1.91. The second kappa shape index (κ2) is 7.35. The second-order valence-corrected chi connectivity index (χ2v) is 7.48. The Morgan fingerprint density at radius 1 is 1.29 bits per heavy atom. The van der Waals surface area contributed by atoms with Gasteiger partial charge in [-0.05, 0) is 36.0 Å². The van der Waals surface area contributed by atoms with Crippen LogP contribution in [0.25, 0.3) is 11.8 Å². The molecule has 0 unspecified atom stereocenters. The fraction of sp³-hybridized carbons (Fsp3) is 0.0588. The Morgan fingerprint density at radius 2 is 2.03 bits per heavy atom. The van der Waals surface area contributed by atoms with Crippen LogP contribution < -0.4 is 0 Å². The molecule has 4 rings (SSSR count). The smallest absolute Gasteiger partial charge is 0.316 e. The van der Waals surface area contributed by atoms with Crippen molar-refractivity contribution in [2.24, 2.45) is 10.1 Å². The van der Waals surface area contributed by atoms with Crippen molar-refractivity contribution < 1.29 is 22.9 Å². The highest BCUT2D eigenvalue weighted by atomic mass is 35.5. The number of nitro groups is 1. The minimum atomic E-state index is -4.74. The minimum absolute atomic E-state index is 0.0609. The number of aromatic nitrogens is 1. The molecule has 1 amide bonds. The summed E-state index contributed by atoms with van der Waals surface area (Å²) in [7, 11) is 0. The number of nitro benzene ring substituents is 1. The Balaban J connectivity index is 1.73. The van der Waals surface area contributed by atoms with Crippen LogP contribution in [-0.4, -0.2) is 42.6 Å². The molecule has 0 atom stereocenters. The summed E-state index contributed by atoms with van der Waals surface area (Å²) in [6.45, 7) is 0. The van der Waals surface area contributed by atoms with Crippen LogP contribution in [0.4, 0.5) is 18.9 Å². The molecule has 0 saturated carbocycles. The molecule has 3 heterocycles. The summed E-state index contributed by atoms with van der Waals surface area (Å²) in [5.74, 6) is -1.46. The summed E-state index contributed by atoms with van der Waals surface area (Å²) in [5, 5.41) is 21.5. The van der Waals surface area contributed by atoms with Gasteiger partial charge in [-0.25, -0.2) is 0 Å². The van der Waals surface area contributed by atoms with Crippen molar-refractivity contribution >= 4 is 57.1 Å². The molecular formula is C17H8ClF3N6O3S. The molecule has 2 aromatic rings. The Kier molecular flexibility index (Phi) is 4.94. The predicted octanol–water partition coefficient (Wildman–Crippen LogP) is 4.22. The Labute approximate surface area is 180 Å². The molecule has 1 aromatic carbocycles. The van der Waals surface area contributed by atoms with Gasteiger partial charge in [-0.2, -0.15) is 28.3 Å². The number of amidine groups is 2. The van der Waals surface area contributed by atoms with Crippen LogP contribution in [0, 0.1) is 15.5 Å². The van der Waals surface area contributed by atoms with Crippen LogP contribution in [0.2, 0.25) is 5.02 Å². The number of alkyl halides is 3. The van der Waals surface area contributed by atoms with Crippen molar-refractivity contribution in [1.29, 1.82) is 5.41 Å². The first-order valence-corrected chi connectivity index (χ1v) is 9.45. The molecule has 14 heteroatoms. The number of thioether (sulfide) groups is 1. The zero-order chi connectivity index (χ0) is 22.5. The summed E-state index contributed by atoms with van der Waals surface area (Å²) in [5.41, 5.74) is 0.206. The van der Waals surface area contributed by atoms with E-state index in [9.17, 15) is 28.1 Å². The number of halogens is 4. The predicted molar refractivity (Wildman–Crippen MR) is 108 cm³/mol. The van der Waals surface area contributed by atoms with E-state index in [1.807, 2.05) is 0 Å². The molecule has 0 radical (unpaired) electrons. The van der Waals surface area contributed by atoms with Gasteiger partial charge in [0, 0.05) is 24.0 Å². The van der Waals surface area contributed by atoms with Gasteiger partial charge in [0.15, 0.2) is 5.84 Å². The number of hydrogen-bond donors (Lipinski definition) is 1. The zero-order valence-electron chi connectivity index (χ0n) is 14.9. The second-order valence-electron chi connectivity index (χ2n) is 6.12. The Bertz CT molecular complexity index is 1250. The number of carbonyl (C=O) groups is 1. The van der Waals surface area contributed by atoms with Crippen molar-refractivity contribution in [3.8, 4) is 5.69 Å². The molecule has 1 aromatic heterocycles. The summed E-state index contributed by atoms with van der Waals surface area (Å²) in [4.78, 5) is 26.3. The van der Waals surface area contributed by atoms with Gasteiger partial charge in [0.25, 0.3) is 11.6 Å². The number of fused-ring (bicyclic) bond motifs is 1. The molecule has 158 valence electrons. The fourth-order valence-corrected chi connectivity index (χ4v) is 3.81. The molecule has 1 N–H and O–H groups in total. The maximum Gasteiger partial charge on any atom is 0.441 e. The molecule has 2 aliphatic rings. The number of carbonyl (C=O) groups excluding carboxylic acids is 1. The van der Waals surface area contributed by atoms with Crippen molar-refractivity contribution in [2.75, 3.05) is 0 Å². The van der Waals surface area contributed by atoms with Crippen LogP contribution in [0.1, 0.15) is 5.69 Å². The normalized spacial score (nSPS) is 17.7. The highest BCUT2D eigenvalue weighted by Crippen LogP contribution is 2.35. The molecule has 0 aliphatic carbocycles. The van der Waals surface area contributed by atoms with Gasteiger partial charge < -0.3 is 4.57 Å². The van der Waals surface area contributed by atoms with Crippen LogP contribution in [0.3, 0.4) is 0 Å². The molecule has 31 heavy (non-hydrogen) atoms. The zero-order valence-corrected chi connectivity index (χ0v) is 16.5. The third-order valence-electron chi connectivity index (χ3n) is 4.17. The lowest BCUT2D eigenvalue weighted by Gasteiger charge is -2.20. The number of rotatable bonds is 3. The Hall–Kier alpha value is -3.45. The van der Waals surface area contributed by atoms with Gasteiger partial charge in [0.2, 0.25) is 10.2 Å². The highest BCUT2D eigenvalue weighted by Gasteiger charge is 2.46. The van der Waals surface area contributed by atoms with E-state index in [2.05, 4.69) is 10.1 Å². The van der Waals surface area contributed by atoms with Crippen LogP contribution >= 0.6 is 23.4 Å². The van der Waals surface area contributed by atoms with E-state index in [0.717, 1.165) is 6.07 Å². The van der Waals surface area contributed by atoms with Gasteiger partial charge in [0.1, 0.15) is 0 Å². The van der Waals surface area contributed by atoms with Gasteiger partial charge >= 0.3 is 6.18 Å². The number of nitrogens with one attached hydrogen (secondary N) is 1. The van der Waals surface area contributed by atoms with Gasteiger partial charge in [-0.15, -0.1) is 0 Å². The number of amides is 1. The summed E-state index contributed by atoms with van der Waals surface area (Å²) < 4.78 is 40.3. The van der Waals surface area contributed by atoms with Crippen molar-refractivity contribution in [2.45, 2.75) is 6.18 Å². The monoisotopic (exact) mass is 468 g/mol. The molecule has 0 saturated heterocycles. The van der Waals surface area contributed by atoms with E-state index in [0.29, 0.717) is 16.4 Å². The quantitative estimate of drug-likeness (QED) is 0.411. The van der Waals surface area contributed by atoms with Crippen LogP contribution in [0.5, 0.6) is 0 Å². The third-order valence-corrected chi connectivity index (χ3v) is 5.43. The van der Waals surface area contributed by atoms with E-state index < -0.39 is 27.9 Å². The summed E-state index contributed by atoms with van der Waals surface area (Å²) >= 11 is 6.32. The van der Waals surface area contributed by atoms with Gasteiger partial charge in [-0.1, -0.05) is 11.6 Å². The number of nitrogens with zero attached hydrogens (tertiary/aromatic N) is 5. The first-order valence-electron chi connectivity index (χ1n) is 8.25. The van der Waals surface area contributed by atoms with Gasteiger partial charge in [-0.3, -0.25) is 20.3 Å². The number of non-ortho nitro benzene ring substituents is 1. The van der Waals surface area contributed by atoms with Crippen molar-refractivity contribution in [3.05, 3.63) is 62.9 Å².